The summed E-state index contributed by atoms with van der Waals surface area (Å²) in [5, 5.41) is 5.33. The minimum Gasteiger partial charge on any atom is -0.297 e. The molecule has 0 radical (unpaired) electrons. The number of aromatic nitrogens is 4. The lowest BCUT2D eigenvalue weighted by atomic mass is 10.0. The van der Waals surface area contributed by atoms with Gasteiger partial charge in [0.2, 0.25) is 0 Å². The predicted octanol–water partition coefficient (Wildman–Crippen LogP) is 3.50. The van der Waals surface area contributed by atoms with Crippen LogP contribution in [0.1, 0.15) is 37.2 Å². The molecule has 4 rings (SSSR count). The SMILES string of the molecule is Cc1nc(-c2ccc([C@H](C)N3CCCC3)cc2)c2cnn(C)c2n1. The second-order valence-electron chi connectivity index (χ2n) is 6.67. The molecular formula is C19H23N5. The smallest absolute Gasteiger partial charge is 0.161 e. The van der Waals surface area contributed by atoms with Crippen LogP contribution in [0.4, 0.5) is 0 Å². The molecule has 5 nitrogen and oxygen atoms in total. The topological polar surface area (TPSA) is 46.8 Å². The van der Waals surface area contributed by atoms with E-state index < -0.39 is 0 Å². The summed E-state index contributed by atoms with van der Waals surface area (Å²) in [6.07, 6.45) is 4.49. The Morgan fingerprint density at radius 3 is 2.46 bits per heavy atom. The molecule has 0 aliphatic carbocycles. The van der Waals surface area contributed by atoms with Crippen molar-refractivity contribution < 1.29 is 0 Å². The van der Waals surface area contributed by atoms with Gasteiger partial charge in [0.15, 0.2) is 5.65 Å². The Balaban J connectivity index is 1.70. The van der Waals surface area contributed by atoms with Crippen LogP contribution in [0.15, 0.2) is 30.5 Å². The summed E-state index contributed by atoms with van der Waals surface area (Å²) in [5.41, 5.74) is 4.34. The number of benzene rings is 1. The number of fused-ring (bicyclic) bond motifs is 1. The fourth-order valence-corrected chi connectivity index (χ4v) is 3.61. The maximum absolute atomic E-state index is 4.66. The molecule has 2 aromatic heterocycles. The molecule has 0 saturated carbocycles. The van der Waals surface area contributed by atoms with Crippen molar-refractivity contribution in [2.24, 2.45) is 7.05 Å². The maximum Gasteiger partial charge on any atom is 0.161 e. The van der Waals surface area contributed by atoms with Gasteiger partial charge in [-0.1, -0.05) is 24.3 Å². The summed E-state index contributed by atoms with van der Waals surface area (Å²) in [7, 11) is 1.92. The Hall–Kier alpha value is -2.27. The predicted molar refractivity (Wildman–Crippen MR) is 95.7 cm³/mol. The van der Waals surface area contributed by atoms with Gasteiger partial charge in [0.05, 0.1) is 17.3 Å². The Morgan fingerprint density at radius 1 is 1.04 bits per heavy atom. The lowest BCUT2D eigenvalue weighted by Gasteiger charge is -2.24. The molecule has 0 bridgehead atoms. The molecule has 0 amide bonds. The third-order valence-corrected chi connectivity index (χ3v) is 5.06. The van der Waals surface area contributed by atoms with Gasteiger partial charge < -0.3 is 0 Å². The van der Waals surface area contributed by atoms with E-state index in [4.69, 9.17) is 0 Å². The van der Waals surface area contributed by atoms with Gasteiger partial charge in [-0.15, -0.1) is 0 Å². The van der Waals surface area contributed by atoms with E-state index in [1.165, 1.54) is 31.5 Å². The van der Waals surface area contributed by atoms with Crippen molar-refractivity contribution in [1.29, 1.82) is 0 Å². The molecule has 1 aliphatic heterocycles. The van der Waals surface area contributed by atoms with E-state index in [2.05, 4.69) is 51.2 Å². The summed E-state index contributed by atoms with van der Waals surface area (Å²) >= 11 is 0. The highest BCUT2D eigenvalue weighted by Gasteiger charge is 2.19. The molecule has 124 valence electrons. The van der Waals surface area contributed by atoms with E-state index in [1.54, 1.807) is 4.68 Å². The molecule has 0 unspecified atom stereocenters. The third-order valence-electron chi connectivity index (χ3n) is 5.06. The van der Waals surface area contributed by atoms with Gasteiger partial charge in [0.25, 0.3) is 0 Å². The number of likely N-dealkylation sites (tertiary alicyclic amines) is 1. The van der Waals surface area contributed by atoms with Gasteiger partial charge in [-0.25, -0.2) is 9.97 Å². The average Bonchev–Trinajstić information content (AvgIpc) is 3.25. The zero-order valence-electron chi connectivity index (χ0n) is 14.5. The first-order valence-corrected chi connectivity index (χ1v) is 8.64. The summed E-state index contributed by atoms with van der Waals surface area (Å²) in [5.74, 6) is 0.774. The highest BCUT2D eigenvalue weighted by Crippen LogP contribution is 2.29. The Kier molecular flexibility index (Phi) is 3.81. The number of nitrogens with zero attached hydrogens (tertiary/aromatic N) is 5. The Morgan fingerprint density at radius 2 is 1.75 bits per heavy atom. The third kappa shape index (κ3) is 2.59. The van der Waals surface area contributed by atoms with E-state index in [1.807, 2.05) is 20.2 Å². The average molecular weight is 321 g/mol. The molecule has 0 spiro atoms. The molecular weight excluding hydrogens is 298 g/mol. The largest absolute Gasteiger partial charge is 0.297 e. The molecule has 3 aromatic rings. The van der Waals surface area contributed by atoms with Crippen molar-refractivity contribution in [3.05, 3.63) is 41.9 Å². The lowest BCUT2D eigenvalue weighted by Crippen LogP contribution is -2.23. The zero-order chi connectivity index (χ0) is 16.7. The Labute approximate surface area is 142 Å². The summed E-state index contributed by atoms with van der Waals surface area (Å²) < 4.78 is 1.80. The van der Waals surface area contributed by atoms with Gasteiger partial charge in [0.1, 0.15) is 5.82 Å². The molecule has 5 heteroatoms. The fraction of sp³-hybridized carbons (Fsp3) is 0.421. The van der Waals surface area contributed by atoms with Gasteiger partial charge >= 0.3 is 0 Å². The minimum atomic E-state index is 0.479. The molecule has 1 saturated heterocycles. The van der Waals surface area contributed by atoms with Crippen molar-refractivity contribution in [2.75, 3.05) is 13.1 Å². The fourth-order valence-electron chi connectivity index (χ4n) is 3.61. The van der Waals surface area contributed by atoms with Crippen LogP contribution in [0.2, 0.25) is 0 Å². The van der Waals surface area contributed by atoms with E-state index in [0.29, 0.717) is 6.04 Å². The number of hydrogen-bond acceptors (Lipinski definition) is 4. The first-order chi connectivity index (χ1) is 11.6. The number of hydrogen-bond donors (Lipinski definition) is 0. The monoisotopic (exact) mass is 321 g/mol. The lowest BCUT2D eigenvalue weighted by molar-refractivity contribution is 0.263. The van der Waals surface area contributed by atoms with Crippen LogP contribution < -0.4 is 0 Å². The second kappa shape index (κ2) is 5.98. The van der Waals surface area contributed by atoms with E-state index in [-0.39, 0.29) is 0 Å². The summed E-state index contributed by atoms with van der Waals surface area (Å²) in [6, 6.07) is 9.30. The first-order valence-electron chi connectivity index (χ1n) is 8.64. The summed E-state index contributed by atoms with van der Waals surface area (Å²) in [6.45, 7) is 6.66. The highest BCUT2D eigenvalue weighted by molar-refractivity contribution is 5.90. The van der Waals surface area contributed by atoms with Crippen molar-refractivity contribution in [2.45, 2.75) is 32.7 Å². The molecule has 1 atom stereocenters. The molecule has 24 heavy (non-hydrogen) atoms. The molecule has 1 aromatic carbocycles. The van der Waals surface area contributed by atoms with Gasteiger partial charge in [0, 0.05) is 18.7 Å². The van der Waals surface area contributed by atoms with Crippen LogP contribution >= 0.6 is 0 Å². The van der Waals surface area contributed by atoms with Crippen LogP contribution in [0.3, 0.4) is 0 Å². The zero-order valence-corrected chi connectivity index (χ0v) is 14.5. The van der Waals surface area contributed by atoms with Crippen LogP contribution in [0.25, 0.3) is 22.3 Å². The van der Waals surface area contributed by atoms with Crippen LogP contribution in [0, 0.1) is 6.92 Å². The standard InChI is InChI=1S/C19H23N5/c1-13(24-10-4-5-11-24)15-6-8-16(9-7-15)18-17-12-20-23(3)19(17)22-14(2)21-18/h6-9,12-13H,4-5,10-11H2,1-3H3/t13-/m0/s1. The van der Waals surface area contributed by atoms with Crippen molar-refractivity contribution in [3.63, 3.8) is 0 Å². The summed E-state index contributed by atoms with van der Waals surface area (Å²) in [4.78, 5) is 11.7. The normalized spacial score (nSPS) is 16.8. The van der Waals surface area contributed by atoms with E-state index >= 15 is 0 Å². The number of aryl methyl sites for hydroxylation is 2. The van der Waals surface area contributed by atoms with Crippen molar-refractivity contribution >= 4 is 11.0 Å². The number of rotatable bonds is 3. The van der Waals surface area contributed by atoms with Crippen LogP contribution in [-0.4, -0.2) is 37.7 Å². The highest BCUT2D eigenvalue weighted by atomic mass is 15.3. The van der Waals surface area contributed by atoms with Gasteiger partial charge in [-0.3, -0.25) is 9.58 Å². The van der Waals surface area contributed by atoms with Crippen LogP contribution in [-0.2, 0) is 7.05 Å². The molecule has 1 fully saturated rings. The van der Waals surface area contributed by atoms with Crippen LogP contribution in [0.5, 0.6) is 0 Å². The van der Waals surface area contributed by atoms with E-state index in [0.717, 1.165) is 28.1 Å². The Bertz CT molecular complexity index is 859. The quantitative estimate of drug-likeness (QED) is 0.741. The first kappa shape index (κ1) is 15.3. The molecule has 3 heterocycles. The minimum absolute atomic E-state index is 0.479. The van der Waals surface area contributed by atoms with Crippen molar-refractivity contribution in [3.8, 4) is 11.3 Å². The van der Waals surface area contributed by atoms with Gasteiger partial charge in [-0.2, -0.15) is 5.10 Å². The van der Waals surface area contributed by atoms with E-state index in [9.17, 15) is 0 Å². The van der Waals surface area contributed by atoms with Crippen molar-refractivity contribution in [1.82, 2.24) is 24.6 Å². The maximum atomic E-state index is 4.66. The molecule has 1 aliphatic rings. The molecule has 0 N–H and O–H groups in total. The second-order valence-corrected chi connectivity index (χ2v) is 6.67. The van der Waals surface area contributed by atoms with Gasteiger partial charge in [-0.05, 0) is 45.3 Å².